The van der Waals surface area contributed by atoms with Crippen LogP contribution in [0.15, 0.2) is 5.70 Å². The van der Waals surface area contributed by atoms with E-state index in [-0.39, 0.29) is 5.70 Å². The minimum atomic E-state index is 0.208. The lowest BCUT2D eigenvalue weighted by molar-refractivity contribution is 1.19. The van der Waals surface area contributed by atoms with Crippen LogP contribution in [0.3, 0.4) is 0 Å². The van der Waals surface area contributed by atoms with Crippen LogP contribution in [0.25, 0.3) is 10.3 Å². The van der Waals surface area contributed by atoms with Gasteiger partial charge in [-0.1, -0.05) is 0 Å². The fourth-order valence-corrected chi connectivity index (χ4v) is 0.427. The lowest BCUT2D eigenvalue weighted by atomic mass is 10.4. The highest BCUT2D eigenvalue weighted by Crippen LogP contribution is 1.94. The molecule has 0 heterocycles. The lowest BCUT2D eigenvalue weighted by Crippen LogP contribution is -1.79. The van der Waals surface area contributed by atoms with Crippen molar-refractivity contribution in [2.75, 3.05) is 5.75 Å². The predicted molar refractivity (Wildman–Crippen MR) is 35.3 cm³/mol. The van der Waals surface area contributed by atoms with Crippen molar-refractivity contribution in [1.82, 2.24) is 0 Å². The number of hydrogen-bond acceptors (Lipinski definition) is 1. The third-order valence-electron chi connectivity index (χ3n) is 0.603. The van der Waals surface area contributed by atoms with Gasteiger partial charge >= 0.3 is 0 Å². The third-order valence-corrected chi connectivity index (χ3v) is 0.807. The molecule has 0 radical (unpaired) electrons. The van der Waals surface area contributed by atoms with E-state index in [1.807, 2.05) is 0 Å². The summed E-state index contributed by atoms with van der Waals surface area (Å²) < 4.78 is 0. The molecule has 0 amide bonds. The Morgan fingerprint density at radius 2 is 2.50 bits per heavy atom. The van der Waals surface area contributed by atoms with Crippen LogP contribution in [0.4, 0.5) is 0 Å². The Balaban J connectivity index is 3.79. The van der Waals surface area contributed by atoms with Gasteiger partial charge in [0.05, 0.1) is 6.57 Å². The first-order valence-corrected chi connectivity index (χ1v) is 2.64. The molecular formula is C5H4N2S-2. The van der Waals surface area contributed by atoms with Crippen LogP contribution >= 0.6 is 0 Å². The van der Waals surface area contributed by atoms with Crippen LogP contribution in [-0.4, -0.2) is 11.6 Å². The molecule has 0 saturated carbocycles. The molecule has 0 unspecified atom stereocenters. The van der Waals surface area contributed by atoms with Gasteiger partial charge in [-0.15, -0.1) is 0 Å². The Labute approximate surface area is 54.0 Å². The van der Waals surface area contributed by atoms with Gasteiger partial charge in [0.1, 0.15) is 0 Å². The summed E-state index contributed by atoms with van der Waals surface area (Å²) in [6.07, 6.45) is 0.440. The van der Waals surface area contributed by atoms with E-state index in [0.717, 1.165) is 0 Å². The smallest absolute Gasteiger partial charge is 0.181 e. The van der Waals surface area contributed by atoms with E-state index in [2.05, 4.69) is 17.5 Å². The average Bonchev–Trinajstić information content (AvgIpc) is 1.83. The van der Waals surface area contributed by atoms with Gasteiger partial charge in [-0.2, -0.15) is 5.75 Å². The van der Waals surface area contributed by atoms with Crippen LogP contribution in [-0.2, 0) is 12.6 Å². The average molecular weight is 124 g/mol. The molecule has 0 bridgehead atoms. The van der Waals surface area contributed by atoms with Crippen LogP contribution in [0.5, 0.6) is 0 Å². The Morgan fingerprint density at radius 3 is 2.62 bits per heavy atom. The van der Waals surface area contributed by atoms with Crippen LogP contribution < -0.4 is 0 Å². The maximum Gasteiger partial charge on any atom is 0.181 e. The molecule has 0 aliphatic carbocycles. The lowest BCUT2D eigenvalue weighted by Gasteiger charge is -1.97. The van der Waals surface area contributed by atoms with E-state index in [0.29, 0.717) is 12.2 Å². The molecule has 42 valence electrons. The molecule has 2 nitrogen and oxygen atoms in total. The number of nitrogens with zero attached hydrogens (tertiary/aromatic N) is 2. The van der Waals surface area contributed by atoms with Crippen molar-refractivity contribution in [3.05, 3.63) is 22.5 Å². The minimum absolute atomic E-state index is 0.208. The zero-order valence-corrected chi connectivity index (χ0v) is 5.03. The minimum Gasteiger partial charge on any atom is -0.793 e. The second kappa shape index (κ2) is 4.45. The second-order valence-electron chi connectivity index (χ2n) is 1.12. The predicted octanol–water partition coefficient (Wildman–Crippen LogP) is 0.966. The van der Waals surface area contributed by atoms with Gasteiger partial charge in [-0.3, -0.25) is 5.87 Å². The summed E-state index contributed by atoms with van der Waals surface area (Å²) in [5.41, 5.74) is 0.208. The summed E-state index contributed by atoms with van der Waals surface area (Å²) in [6.45, 7) is 6.38. The summed E-state index contributed by atoms with van der Waals surface area (Å²) in [5, 5.41) is 8.11. The summed E-state index contributed by atoms with van der Waals surface area (Å²) >= 11 is 4.55. The zero-order valence-electron chi connectivity index (χ0n) is 4.22. The molecule has 0 aliphatic heterocycles. The summed E-state index contributed by atoms with van der Waals surface area (Å²) in [6, 6.07) is 0. The fourth-order valence-electron chi connectivity index (χ4n) is 0.233. The molecular weight excluding hydrogens is 120 g/mol. The Hall–Kier alpha value is -0.710. The van der Waals surface area contributed by atoms with Gasteiger partial charge in [-0.25, -0.2) is 4.85 Å². The molecule has 0 aromatic carbocycles. The number of hydrogen-bond donors (Lipinski definition) is 0. The van der Waals surface area contributed by atoms with Crippen molar-refractivity contribution in [1.29, 1.82) is 0 Å². The van der Waals surface area contributed by atoms with Crippen LogP contribution in [0, 0.1) is 6.57 Å². The molecule has 0 saturated heterocycles. The first kappa shape index (κ1) is 7.29. The SMILES string of the molecule is [C-]#[N+]C(=C=[N-])CC[S-]. The van der Waals surface area contributed by atoms with E-state index in [1.165, 1.54) is 0 Å². The maximum atomic E-state index is 8.11. The number of rotatable bonds is 2. The summed E-state index contributed by atoms with van der Waals surface area (Å²) in [7, 11) is 0. The van der Waals surface area contributed by atoms with Crippen molar-refractivity contribution in [3.63, 3.8) is 0 Å². The van der Waals surface area contributed by atoms with Crippen LogP contribution in [0.2, 0.25) is 0 Å². The molecule has 3 heteroatoms. The molecule has 0 N–H and O–H groups in total. The highest BCUT2D eigenvalue weighted by Gasteiger charge is 1.81. The van der Waals surface area contributed by atoms with Crippen molar-refractivity contribution in [2.24, 2.45) is 0 Å². The van der Waals surface area contributed by atoms with Gasteiger partial charge in [0.15, 0.2) is 5.70 Å². The first-order chi connectivity index (χ1) is 3.85. The molecule has 0 spiro atoms. The standard InChI is InChI=1S/C5H5N2S/c1-7-5(4-6)2-3-8/h8H,2-3H2/q-1/p-1. The largest absolute Gasteiger partial charge is 0.793 e. The Kier molecular flexibility index (Phi) is 4.05. The van der Waals surface area contributed by atoms with E-state index < -0.39 is 0 Å². The molecule has 0 rings (SSSR count). The highest BCUT2D eigenvalue weighted by molar-refractivity contribution is 7.58. The monoisotopic (exact) mass is 124 g/mol. The van der Waals surface area contributed by atoms with Gasteiger partial charge in [0, 0.05) is 0 Å². The first-order valence-electron chi connectivity index (χ1n) is 2.06. The molecule has 0 aromatic rings. The quantitative estimate of drug-likeness (QED) is 0.306. The zero-order chi connectivity index (χ0) is 6.41. The Morgan fingerprint density at radius 1 is 1.88 bits per heavy atom. The van der Waals surface area contributed by atoms with E-state index in [1.54, 1.807) is 5.87 Å². The molecule has 8 heavy (non-hydrogen) atoms. The van der Waals surface area contributed by atoms with Crippen LogP contribution in [0.1, 0.15) is 6.42 Å². The highest BCUT2D eigenvalue weighted by atomic mass is 32.1. The second-order valence-corrected chi connectivity index (χ2v) is 1.53. The summed E-state index contributed by atoms with van der Waals surface area (Å²) in [5.74, 6) is 2.21. The van der Waals surface area contributed by atoms with Gasteiger partial charge < -0.3 is 18.0 Å². The van der Waals surface area contributed by atoms with Gasteiger partial charge in [0.2, 0.25) is 0 Å². The molecule has 0 aromatic heterocycles. The van der Waals surface area contributed by atoms with E-state index >= 15 is 0 Å². The van der Waals surface area contributed by atoms with Crippen molar-refractivity contribution < 1.29 is 0 Å². The van der Waals surface area contributed by atoms with E-state index in [9.17, 15) is 0 Å². The topological polar surface area (TPSA) is 26.7 Å². The third kappa shape index (κ3) is 2.46. The van der Waals surface area contributed by atoms with Crippen molar-refractivity contribution >= 4 is 18.5 Å². The molecule has 0 aliphatic rings. The fraction of sp³-hybridized carbons (Fsp3) is 0.400. The van der Waals surface area contributed by atoms with Crippen molar-refractivity contribution in [3.8, 4) is 0 Å². The summed E-state index contributed by atoms with van der Waals surface area (Å²) in [4.78, 5) is 2.94. The Bertz CT molecular complexity index is 150. The van der Waals surface area contributed by atoms with Gasteiger partial charge in [-0.05, 0) is 6.42 Å². The maximum absolute atomic E-state index is 8.11. The molecule has 0 atom stereocenters. The molecule has 0 fully saturated rings. The normalized spacial score (nSPS) is 7.00. The number of allylic oxidation sites excluding steroid dienone is 1. The van der Waals surface area contributed by atoms with Gasteiger partial charge in [0.25, 0.3) is 0 Å². The van der Waals surface area contributed by atoms with E-state index in [4.69, 9.17) is 12.0 Å². The van der Waals surface area contributed by atoms with Crippen molar-refractivity contribution in [2.45, 2.75) is 6.42 Å².